The van der Waals surface area contributed by atoms with Gasteiger partial charge in [-0.1, -0.05) is 29.8 Å². The molecule has 0 aliphatic carbocycles. The molecule has 0 bridgehead atoms. The lowest BCUT2D eigenvalue weighted by atomic mass is 10.2. The number of morpholine rings is 1. The Morgan fingerprint density at radius 2 is 2.03 bits per heavy atom. The highest BCUT2D eigenvalue weighted by Gasteiger charge is 2.16. The van der Waals surface area contributed by atoms with Gasteiger partial charge in [0.2, 0.25) is 0 Å². The van der Waals surface area contributed by atoms with Crippen LogP contribution >= 0.6 is 0 Å². The van der Waals surface area contributed by atoms with Gasteiger partial charge in [0.1, 0.15) is 19.0 Å². The van der Waals surface area contributed by atoms with Crippen LogP contribution in [0.15, 0.2) is 60.0 Å². The van der Waals surface area contributed by atoms with E-state index in [1.807, 2.05) is 37.3 Å². The maximum Gasteiger partial charge on any atom is 0.320 e. The van der Waals surface area contributed by atoms with E-state index >= 15 is 0 Å². The molecule has 0 radical (unpaired) electrons. The average molecular weight is 480 g/mol. The molecule has 184 valence electrons. The Balaban J connectivity index is 1.35. The molecule has 3 heterocycles. The minimum Gasteiger partial charge on any atom is -0.461 e. The molecule has 4 rings (SSSR count). The van der Waals surface area contributed by atoms with Gasteiger partial charge in [0.15, 0.2) is 11.6 Å². The predicted molar refractivity (Wildman–Crippen MR) is 132 cm³/mol. The van der Waals surface area contributed by atoms with E-state index in [1.54, 1.807) is 37.8 Å². The molecule has 1 aliphatic heterocycles. The van der Waals surface area contributed by atoms with Crippen molar-refractivity contribution in [2.24, 2.45) is 5.10 Å². The van der Waals surface area contributed by atoms with Crippen LogP contribution in [0.1, 0.15) is 11.1 Å². The van der Waals surface area contributed by atoms with Crippen LogP contribution in [-0.4, -0.2) is 73.0 Å². The minimum atomic E-state index is 0.222. The molecule has 35 heavy (non-hydrogen) atoms. The monoisotopic (exact) mass is 479 g/mol. The van der Waals surface area contributed by atoms with Crippen molar-refractivity contribution in [2.45, 2.75) is 6.92 Å². The fraction of sp³-hybridized carbons (Fsp3) is 0.333. The topological polar surface area (TPSA) is 106 Å². The second-order valence-corrected chi connectivity index (χ2v) is 7.68. The van der Waals surface area contributed by atoms with Gasteiger partial charge in [-0.05, 0) is 29.8 Å². The number of hydroxylamine groups is 2. The van der Waals surface area contributed by atoms with Crippen molar-refractivity contribution in [3.63, 3.8) is 0 Å². The van der Waals surface area contributed by atoms with Crippen molar-refractivity contribution >= 4 is 17.9 Å². The van der Waals surface area contributed by atoms with E-state index < -0.39 is 0 Å². The van der Waals surface area contributed by atoms with Crippen LogP contribution in [0.2, 0.25) is 0 Å². The van der Waals surface area contributed by atoms with Gasteiger partial charge in [-0.25, -0.2) is 0 Å². The number of anilines is 2. The van der Waals surface area contributed by atoms with Gasteiger partial charge in [0, 0.05) is 25.4 Å². The third-order valence-corrected chi connectivity index (χ3v) is 4.92. The lowest BCUT2D eigenvalue weighted by Crippen LogP contribution is -2.36. The van der Waals surface area contributed by atoms with Crippen LogP contribution in [0.3, 0.4) is 0 Å². The largest absolute Gasteiger partial charge is 0.461 e. The van der Waals surface area contributed by atoms with E-state index in [0.29, 0.717) is 24.8 Å². The molecule has 0 atom stereocenters. The quantitative estimate of drug-likeness (QED) is 0.251. The third kappa shape index (κ3) is 7.88. The summed E-state index contributed by atoms with van der Waals surface area (Å²) in [7, 11) is 1.65. The van der Waals surface area contributed by atoms with Crippen molar-refractivity contribution in [3.05, 3.63) is 66.0 Å². The van der Waals surface area contributed by atoms with Crippen LogP contribution in [0, 0.1) is 6.92 Å². The normalized spacial score (nSPS) is 13.9. The Morgan fingerprint density at radius 3 is 2.83 bits per heavy atom. The van der Waals surface area contributed by atoms with E-state index in [4.69, 9.17) is 19.1 Å². The molecule has 1 aromatic carbocycles. The molecule has 0 unspecified atom stereocenters. The summed E-state index contributed by atoms with van der Waals surface area (Å²) in [5.74, 6) is 1.84. The van der Waals surface area contributed by atoms with E-state index in [0.717, 1.165) is 24.5 Å². The Hall–Kier alpha value is -3.80. The Morgan fingerprint density at radius 1 is 1.14 bits per heavy atom. The number of hydrogen-bond donors (Lipinski definition) is 1. The fourth-order valence-electron chi connectivity index (χ4n) is 3.29. The maximum atomic E-state index is 5.77. The molecule has 11 heteroatoms. The predicted octanol–water partition coefficient (Wildman–Crippen LogP) is 2.70. The van der Waals surface area contributed by atoms with E-state index in [-0.39, 0.29) is 19.2 Å². The molecule has 1 fully saturated rings. The van der Waals surface area contributed by atoms with Gasteiger partial charge in [0.25, 0.3) is 0 Å². The summed E-state index contributed by atoms with van der Waals surface area (Å²) in [6, 6.07) is 13.7. The van der Waals surface area contributed by atoms with Crippen LogP contribution in [-0.2, 0) is 9.57 Å². The van der Waals surface area contributed by atoms with Crippen LogP contribution in [0.25, 0.3) is 0 Å². The summed E-state index contributed by atoms with van der Waals surface area (Å²) in [5, 5.41) is 5.57. The van der Waals surface area contributed by atoms with Crippen molar-refractivity contribution in [1.29, 1.82) is 0 Å². The summed E-state index contributed by atoms with van der Waals surface area (Å²) in [4.78, 5) is 26.1. The first kappa shape index (κ1) is 24.3. The highest BCUT2D eigenvalue weighted by Crippen LogP contribution is 2.20. The van der Waals surface area contributed by atoms with Gasteiger partial charge in [0.05, 0.1) is 32.7 Å². The Labute approximate surface area is 204 Å². The highest BCUT2D eigenvalue weighted by molar-refractivity contribution is 5.80. The molecule has 2 aromatic heterocycles. The van der Waals surface area contributed by atoms with Crippen molar-refractivity contribution in [3.8, 4) is 11.8 Å². The average Bonchev–Trinajstić information content (AvgIpc) is 2.88. The first-order valence-electron chi connectivity index (χ1n) is 11.3. The summed E-state index contributed by atoms with van der Waals surface area (Å²) < 4.78 is 11.2. The molecular weight excluding hydrogens is 450 g/mol. The molecule has 0 saturated carbocycles. The first-order valence-corrected chi connectivity index (χ1v) is 11.3. The van der Waals surface area contributed by atoms with Crippen molar-refractivity contribution < 1.29 is 19.1 Å². The lowest BCUT2D eigenvalue weighted by Gasteiger charge is -2.28. The molecule has 1 aliphatic rings. The summed E-state index contributed by atoms with van der Waals surface area (Å²) in [6.07, 6.45) is 5.01. The Bertz CT molecular complexity index is 1090. The molecule has 1 saturated heterocycles. The smallest absolute Gasteiger partial charge is 0.320 e. The van der Waals surface area contributed by atoms with Gasteiger partial charge in [-0.15, -0.1) is 0 Å². The van der Waals surface area contributed by atoms with E-state index in [2.05, 4.69) is 30.4 Å². The number of pyridine rings is 1. The SMILES string of the molecule is Cc1cccc(C=NNc2cc(N3CCOCC3)nc(OCCON(C)Oc3cccnc3)n2)c1. The van der Waals surface area contributed by atoms with Crippen molar-refractivity contribution in [2.75, 3.05) is 56.9 Å². The van der Waals surface area contributed by atoms with Gasteiger partial charge >= 0.3 is 6.01 Å². The second kappa shape index (κ2) is 12.6. The second-order valence-electron chi connectivity index (χ2n) is 7.68. The number of rotatable bonds is 11. The maximum absolute atomic E-state index is 5.77. The fourth-order valence-corrected chi connectivity index (χ4v) is 3.29. The van der Waals surface area contributed by atoms with Crippen LogP contribution in [0.4, 0.5) is 11.6 Å². The molecule has 0 spiro atoms. The first-order chi connectivity index (χ1) is 17.2. The van der Waals surface area contributed by atoms with Gasteiger partial charge < -0.3 is 19.2 Å². The number of nitrogens with one attached hydrogen (secondary N) is 1. The molecule has 1 N–H and O–H groups in total. The molecule has 0 amide bonds. The van der Waals surface area contributed by atoms with Gasteiger partial charge in [-0.2, -0.15) is 15.1 Å². The standard InChI is InChI=1S/C24H29N7O4/c1-19-5-3-6-20(15-19)17-26-29-22-16-23(31-9-11-32-12-10-31)28-24(27-22)33-13-14-34-30(2)35-21-7-4-8-25-18-21/h3-8,15-18H,9-14H2,1-2H3,(H,27,28,29). The van der Waals surface area contributed by atoms with E-state index in [9.17, 15) is 0 Å². The number of ether oxygens (including phenoxy) is 2. The number of aryl methyl sites for hydroxylation is 1. The zero-order valence-corrected chi connectivity index (χ0v) is 19.8. The summed E-state index contributed by atoms with van der Waals surface area (Å²) in [6.45, 7) is 5.26. The summed E-state index contributed by atoms with van der Waals surface area (Å²) in [5.41, 5.74) is 5.14. The zero-order valence-electron chi connectivity index (χ0n) is 19.8. The van der Waals surface area contributed by atoms with Crippen LogP contribution < -0.4 is 19.9 Å². The van der Waals surface area contributed by atoms with Crippen LogP contribution in [0.5, 0.6) is 11.8 Å². The van der Waals surface area contributed by atoms with Gasteiger partial charge in [-0.3, -0.25) is 15.2 Å². The summed E-state index contributed by atoms with van der Waals surface area (Å²) >= 11 is 0. The Kier molecular flexibility index (Phi) is 8.76. The highest BCUT2D eigenvalue weighted by atomic mass is 16.9. The molecular formula is C24H29N7O4. The third-order valence-electron chi connectivity index (χ3n) is 4.92. The van der Waals surface area contributed by atoms with Crippen molar-refractivity contribution in [1.82, 2.24) is 20.2 Å². The molecule has 3 aromatic rings. The number of aromatic nitrogens is 3. The number of hydrogen-bond acceptors (Lipinski definition) is 11. The van der Waals surface area contributed by atoms with E-state index in [1.165, 1.54) is 10.8 Å². The molecule has 11 nitrogen and oxygen atoms in total. The minimum absolute atomic E-state index is 0.222. The number of benzene rings is 1. The zero-order chi connectivity index (χ0) is 24.3. The lowest BCUT2D eigenvalue weighted by molar-refractivity contribution is -0.302. The number of hydrazone groups is 1. The number of nitrogens with zero attached hydrogens (tertiary/aromatic N) is 6.